The van der Waals surface area contributed by atoms with Crippen LogP contribution in [0.15, 0.2) is 60.7 Å². The van der Waals surface area contributed by atoms with Gasteiger partial charge in [-0.1, -0.05) is 48.5 Å². The van der Waals surface area contributed by atoms with Gasteiger partial charge in [-0.15, -0.1) is 0 Å². The van der Waals surface area contributed by atoms with Crippen LogP contribution in [0, 0.1) is 0 Å². The summed E-state index contributed by atoms with van der Waals surface area (Å²) >= 11 is 0. The number of likely N-dealkylation sites (N-methyl/N-ethyl adjacent to an activating group) is 1. The third kappa shape index (κ3) is 2.75. The Morgan fingerprint density at radius 3 is 2.69 bits per heavy atom. The molecular formula is C23H23N3O3. The summed E-state index contributed by atoms with van der Waals surface area (Å²) in [7, 11) is 1.85. The van der Waals surface area contributed by atoms with Gasteiger partial charge in [-0.3, -0.25) is 9.59 Å². The van der Waals surface area contributed by atoms with Crippen molar-refractivity contribution in [2.45, 2.75) is 18.1 Å². The molecule has 2 atom stereocenters. The summed E-state index contributed by atoms with van der Waals surface area (Å²) in [5, 5.41) is 1.02. The van der Waals surface area contributed by atoms with Gasteiger partial charge in [0.1, 0.15) is 18.4 Å². The standard InChI is InChI=1S/C23H23N3O3/c1-25-21(27)15-29-20-14-26(12-11-23(20,25)17-8-3-2-4-9-17)22(28)19-13-16-7-5-6-10-18(16)24-19/h2-10,13,20,24H,11-12,14-15H2,1H3/t20-,23+/m1/s1. The lowest BCUT2D eigenvalue weighted by atomic mass is 9.76. The molecule has 2 saturated heterocycles. The van der Waals surface area contributed by atoms with Crippen molar-refractivity contribution in [3.63, 3.8) is 0 Å². The summed E-state index contributed by atoms with van der Waals surface area (Å²) in [5.74, 6) is -0.0634. The van der Waals surface area contributed by atoms with Gasteiger partial charge in [0.15, 0.2) is 0 Å². The van der Waals surface area contributed by atoms with Crippen LogP contribution < -0.4 is 0 Å². The second-order valence-corrected chi connectivity index (χ2v) is 7.81. The normalized spacial score (nSPS) is 24.6. The minimum Gasteiger partial charge on any atom is -0.364 e. The van der Waals surface area contributed by atoms with Crippen molar-refractivity contribution >= 4 is 22.7 Å². The Morgan fingerprint density at radius 2 is 1.90 bits per heavy atom. The maximum absolute atomic E-state index is 13.2. The Kier molecular flexibility index (Phi) is 4.17. The molecule has 5 rings (SSSR count). The Labute approximate surface area is 169 Å². The van der Waals surface area contributed by atoms with E-state index in [-0.39, 0.29) is 24.5 Å². The van der Waals surface area contributed by atoms with Gasteiger partial charge in [-0.25, -0.2) is 0 Å². The number of benzene rings is 2. The number of piperidine rings is 1. The molecule has 0 radical (unpaired) electrons. The molecule has 148 valence electrons. The summed E-state index contributed by atoms with van der Waals surface area (Å²) in [6, 6.07) is 19.8. The molecule has 0 saturated carbocycles. The van der Waals surface area contributed by atoms with Crippen LogP contribution in [0.5, 0.6) is 0 Å². The first-order valence-electron chi connectivity index (χ1n) is 9.90. The van der Waals surface area contributed by atoms with E-state index in [0.29, 0.717) is 25.2 Å². The highest BCUT2D eigenvalue weighted by Crippen LogP contribution is 2.42. The minimum atomic E-state index is -0.548. The highest BCUT2D eigenvalue weighted by molar-refractivity contribution is 5.98. The van der Waals surface area contributed by atoms with Crippen LogP contribution in [0.2, 0.25) is 0 Å². The molecule has 0 unspecified atom stereocenters. The van der Waals surface area contributed by atoms with Gasteiger partial charge in [0.2, 0.25) is 5.91 Å². The Hall–Kier alpha value is -3.12. The molecule has 3 aromatic rings. The summed E-state index contributed by atoms with van der Waals surface area (Å²) in [5.41, 5.74) is 2.04. The number of amides is 2. The van der Waals surface area contributed by atoms with Crippen LogP contribution in [0.1, 0.15) is 22.5 Å². The number of para-hydroxylation sites is 1. The molecular weight excluding hydrogens is 366 g/mol. The van der Waals surface area contributed by atoms with Gasteiger partial charge in [0, 0.05) is 31.0 Å². The fraction of sp³-hybridized carbons (Fsp3) is 0.304. The maximum Gasteiger partial charge on any atom is 0.270 e. The number of aromatic amines is 1. The second-order valence-electron chi connectivity index (χ2n) is 7.81. The molecule has 2 aliphatic rings. The van der Waals surface area contributed by atoms with Gasteiger partial charge in [-0.05, 0) is 24.1 Å². The predicted octanol–water partition coefficient (Wildman–Crippen LogP) is 2.77. The number of ether oxygens (including phenoxy) is 1. The molecule has 2 aromatic carbocycles. The minimum absolute atomic E-state index is 0.0273. The molecule has 1 N–H and O–H groups in total. The lowest BCUT2D eigenvalue weighted by Crippen LogP contribution is -2.67. The van der Waals surface area contributed by atoms with E-state index in [1.54, 1.807) is 0 Å². The molecule has 3 heterocycles. The molecule has 0 spiro atoms. The Morgan fingerprint density at radius 1 is 1.14 bits per heavy atom. The number of fused-ring (bicyclic) bond motifs is 2. The predicted molar refractivity (Wildman–Crippen MR) is 109 cm³/mol. The third-order valence-electron chi connectivity index (χ3n) is 6.38. The molecule has 0 bridgehead atoms. The Balaban J connectivity index is 1.46. The topological polar surface area (TPSA) is 65.6 Å². The number of nitrogens with zero attached hydrogens (tertiary/aromatic N) is 2. The van der Waals surface area contributed by atoms with Crippen molar-refractivity contribution in [2.24, 2.45) is 0 Å². The van der Waals surface area contributed by atoms with Crippen molar-refractivity contribution < 1.29 is 14.3 Å². The summed E-state index contributed by atoms with van der Waals surface area (Å²) in [6.45, 7) is 1.05. The van der Waals surface area contributed by atoms with Gasteiger partial charge < -0.3 is 19.5 Å². The quantitative estimate of drug-likeness (QED) is 0.733. The van der Waals surface area contributed by atoms with Gasteiger partial charge in [0.25, 0.3) is 5.91 Å². The van der Waals surface area contributed by atoms with Gasteiger partial charge >= 0.3 is 0 Å². The molecule has 2 aliphatic heterocycles. The zero-order chi connectivity index (χ0) is 20.0. The van der Waals surface area contributed by atoms with Crippen molar-refractivity contribution in [1.29, 1.82) is 0 Å². The monoisotopic (exact) mass is 389 g/mol. The zero-order valence-corrected chi connectivity index (χ0v) is 16.3. The highest BCUT2D eigenvalue weighted by atomic mass is 16.5. The van der Waals surface area contributed by atoms with Crippen LogP contribution in [-0.4, -0.2) is 59.4 Å². The van der Waals surface area contributed by atoms with Crippen LogP contribution in [0.25, 0.3) is 10.9 Å². The summed E-state index contributed by atoms with van der Waals surface area (Å²) < 4.78 is 6.00. The van der Waals surface area contributed by atoms with Crippen molar-refractivity contribution in [1.82, 2.24) is 14.8 Å². The zero-order valence-electron chi connectivity index (χ0n) is 16.3. The summed E-state index contributed by atoms with van der Waals surface area (Å²) in [4.78, 5) is 32.5. The number of aromatic nitrogens is 1. The van der Waals surface area contributed by atoms with Crippen molar-refractivity contribution in [3.05, 3.63) is 71.9 Å². The fourth-order valence-corrected chi connectivity index (χ4v) is 4.77. The SMILES string of the molecule is CN1C(=O)CO[C@@H]2CN(C(=O)c3cc4ccccc4[nH]3)CC[C@]21c1ccccc1. The van der Waals surface area contributed by atoms with E-state index in [9.17, 15) is 9.59 Å². The number of carbonyl (C=O) groups excluding carboxylic acids is 2. The third-order valence-corrected chi connectivity index (χ3v) is 6.38. The largest absolute Gasteiger partial charge is 0.364 e. The van der Waals surface area contributed by atoms with E-state index < -0.39 is 5.54 Å². The number of likely N-dealkylation sites (tertiary alicyclic amines) is 1. The number of morpholine rings is 1. The molecule has 2 amide bonds. The van der Waals surface area contributed by atoms with Gasteiger partial charge in [-0.2, -0.15) is 0 Å². The van der Waals surface area contributed by atoms with Gasteiger partial charge in [0.05, 0.1) is 5.54 Å². The van der Waals surface area contributed by atoms with Crippen molar-refractivity contribution in [2.75, 3.05) is 26.7 Å². The van der Waals surface area contributed by atoms with E-state index in [0.717, 1.165) is 16.5 Å². The average molecular weight is 389 g/mol. The number of hydrogen-bond donors (Lipinski definition) is 1. The first-order chi connectivity index (χ1) is 14.1. The van der Waals surface area contributed by atoms with E-state index in [1.807, 2.05) is 77.5 Å². The molecule has 1 aromatic heterocycles. The molecule has 6 nitrogen and oxygen atoms in total. The van der Waals surface area contributed by atoms with E-state index in [1.165, 1.54) is 0 Å². The number of carbonyl (C=O) groups is 2. The lowest BCUT2D eigenvalue weighted by Gasteiger charge is -2.54. The lowest BCUT2D eigenvalue weighted by molar-refractivity contribution is -0.180. The fourth-order valence-electron chi connectivity index (χ4n) is 4.77. The van der Waals surface area contributed by atoms with Crippen LogP contribution in [-0.2, 0) is 15.1 Å². The molecule has 0 aliphatic carbocycles. The number of H-pyrrole nitrogens is 1. The number of hydrogen-bond acceptors (Lipinski definition) is 3. The maximum atomic E-state index is 13.2. The van der Waals surface area contributed by atoms with Crippen LogP contribution in [0.4, 0.5) is 0 Å². The smallest absolute Gasteiger partial charge is 0.270 e. The first kappa shape index (κ1) is 17.9. The van der Waals surface area contributed by atoms with Crippen molar-refractivity contribution in [3.8, 4) is 0 Å². The number of nitrogens with one attached hydrogen (secondary N) is 1. The van der Waals surface area contributed by atoms with E-state index in [2.05, 4.69) is 4.98 Å². The molecule has 29 heavy (non-hydrogen) atoms. The van der Waals surface area contributed by atoms with E-state index >= 15 is 0 Å². The van der Waals surface area contributed by atoms with Crippen LogP contribution in [0.3, 0.4) is 0 Å². The molecule has 6 heteroatoms. The van der Waals surface area contributed by atoms with E-state index in [4.69, 9.17) is 4.74 Å². The average Bonchev–Trinajstić information content (AvgIpc) is 3.20. The first-order valence-corrected chi connectivity index (χ1v) is 9.90. The van der Waals surface area contributed by atoms with Crippen LogP contribution >= 0.6 is 0 Å². The second kappa shape index (κ2) is 6.74. The molecule has 2 fully saturated rings. The Bertz CT molecular complexity index is 1040. The number of rotatable bonds is 2. The highest BCUT2D eigenvalue weighted by Gasteiger charge is 2.53. The summed E-state index contributed by atoms with van der Waals surface area (Å²) in [6.07, 6.45) is 0.366.